The molecular formula is C32H20BrKN4O4. The first-order valence-electron chi connectivity index (χ1n) is 12.3. The van der Waals surface area contributed by atoms with Gasteiger partial charge in [-0.3, -0.25) is 14.5 Å². The molecule has 42 heavy (non-hydrogen) atoms. The molecule has 2 aliphatic rings. The van der Waals surface area contributed by atoms with E-state index in [1.165, 1.54) is 4.90 Å². The van der Waals surface area contributed by atoms with E-state index >= 15 is 0 Å². The van der Waals surface area contributed by atoms with Gasteiger partial charge in [0.15, 0.2) is 0 Å². The van der Waals surface area contributed by atoms with E-state index in [0.29, 0.717) is 33.4 Å². The van der Waals surface area contributed by atoms with Crippen LogP contribution in [0.25, 0.3) is 5.32 Å². The van der Waals surface area contributed by atoms with Gasteiger partial charge < -0.3 is 14.9 Å². The number of alkyl halides is 1. The molecule has 0 aromatic heterocycles. The number of fused-ring (bicyclic) bond motifs is 2. The Hall–Kier alpha value is -3.74. The molecule has 4 amide bonds. The average molecular weight is 644 g/mol. The van der Waals surface area contributed by atoms with Gasteiger partial charge in [-0.25, -0.2) is 0 Å². The predicted molar refractivity (Wildman–Crippen MR) is 154 cm³/mol. The molecule has 0 fully saturated rings. The molecule has 0 saturated carbocycles. The van der Waals surface area contributed by atoms with Crippen LogP contribution in [-0.4, -0.2) is 28.5 Å². The number of carbonyl (C=O) groups is 4. The maximum Gasteiger partial charge on any atom is 1.00 e. The molecule has 2 aliphatic heterocycles. The van der Waals surface area contributed by atoms with E-state index in [2.05, 4.69) is 33.4 Å². The van der Waals surface area contributed by atoms with E-state index in [-0.39, 0.29) is 69.7 Å². The zero-order valence-electron chi connectivity index (χ0n) is 22.5. The van der Waals surface area contributed by atoms with Gasteiger partial charge in [0.2, 0.25) is 0 Å². The number of carbonyl (C=O) groups excluding carboxylic acids is 4. The van der Waals surface area contributed by atoms with E-state index in [4.69, 9.17) is 10.5 Å². The molecule has 0 saturated heterocycles. The van der Waals surface area contributed by atoms with Crippen LogP contribution in [0.5, 0.6) is 0 Å². The summed E-state index contributed by atoms with van der Waals surface area (Å²) in [5.41, 5.74) is 4.62. The number of hydrogen-bond acceptors (Lipinski definition) is 6. The normalized spacial score (nSPS) is 12.2. The van der Waals surface area contributed by atoms with Gasteiger partial charge in [0.25, 0.3) is 11.8 Å². The van der Waals surface area contributed by atoms with Gasteiger partial charge in [-0.1, -0.05) is 88.7 Å². The number of nitrogens with zero attached hydrogens (tertiary/aromatic N) is 4. The second kappa shape index (κ2) is 15.5. The minimum absolute atomic E-state index is 0. The van der Waals surface area contributed by atoms with E-state index in [1.54, 1.807) is 72.8 Å². The fourth-order valence-electron chi connectivity index (χ4n) is 4.14. The summed E-state index contributed by atoms with van der Waals surface area (Å²) in [7, 11) is 0. The average Bonchev–Trinajstić information content (AvgIpc) is 3.45. The summed E-state index contributed by atoms with van der Waals surface area (Å²) in [6.45, 7) is 0.121. The van der Waals surface area contributed by atoms with Crippen LogP contribution in [0.2, 0.25) is 0 Å². The zero-order chi connectivity index (χ0) is 29.4. The third kappa shape index (κ3) is 7.36. The van der Waals surface area contributed by atoms with Gasteiger partial charge in [0.05, 0.1) is 52.8 Å². The second-order valence-corrected chi connectivity index (χ2v) is 9.24. The van der Waals surface area contributed by atoms with E-state index in [0.717, 1.165) is 16.5 Å². The van der Waals surface area contributed by atoms with Crippen molar-refractivity contribution < 1.29 is 70.6 Å². The number of hydrogen-bond donors (Lipinski definition) is 0. The van der Waals surface area contributed by atoms with Crippen molar-refractivity contribution in [2.24, 2.45) is 0 Å². The van der Waals surface area contributed by atoms with Crippen LogP contribution in [0.1, 0.15) is 63.7 Å². The van der Waals surface area contributed by atoms with Gasteiger partial charge in [0, 0.05) is 16.5 Å². The van der Waals surface area contributed by atoms with Crippen molar-refractivity contribution in [3.63, 3.8) is 0 Å². The summed E-state index contributed by atoms with van der Waals surface area (Å²) >= 11 is 3.30. The van der Waals surface area contributed by atoms with Gasteiger partial charge in [-0.15, -0.1) is 0 Å². The minimum Gasteiger partial charge on any atom is -0.587 e. The molecule has 10 heteroatoms. The molecule has 0 aliphatic carbocycles. The maximum atomic E-state index is 12.2. The van der Waals surface area contributed by atoms with E-state index in [9.17, 15) is 19.2 Å². The molecule has 4 aromatic carbocycles. The van der Waals surface area contributed by atoms with Gasteiger partial charge in [-0.2, -0.15) is 10.5 Å². The fourth-order valence-corrected chi connectivity index (χ4v) is 4.62. The SMILES string of the molecule is N#Cc1ccccc1CBr.N#Cc1ccccc1CN1C(=O)c2ccccc2C1=O.O=C1[N-]C(=O)c2ccccc21.[K+]. The summed E-state index contributed by atoms with van der Waals surface area (Å²) < 4.78 is 0. The first-order chi connectivity index (χ1) is 19.9. The Kier molecular flexibility index (Phi) is 12.1. The Labute approximate surface area is 293 Å². The van der Waals surface area contributed by atoms with Crippen LogP contribution >= 0.6 is 15.9 Å². The van der Waals surface area contributed by atoms with Gasteiger partial charge >= 0.3 is 51.4 Å². The fraction of sp³-hybridized carbons (Fsp3) is 0.0625. The number of imide groups is 2. The Morgan fingerprint density at radius 3 is 1.40 bits per heavy atom. The molecule has 0 unspecified atom stereocenters. The van der Waals surface area contributed by atoms with E-state index < -0.39 is 11.8 Å². The molecule has 0 N–H and O–H groups in total. The monoisotopic (exact) mass is 642 g/mol. The largest absolute Gasteiger partial charge is 1.00 e. The summed E-state index contributed by atoms with van der Waals surface area (Å²) in [4.78, 5) is 47.4. The minimum atomic E-state index is -0.425. The van der Waals surface area contributed by atoms with Crippen LogP contribution in [-0.2, 0) is 11.9 Å². The standard InChI is InChI=1S/C16H10N2O2.C8H6BrN.C8H5NO2.K/c17-9-11-5-1-2-6-12(11)10-18-15(19)13-7-3-4-8-14(13)16(18)20;9-5-7-3-1-2-4-8(7)6-10;10-7-5-3-1-2-4-6(5)8(11)9-7;/h1-8H,10H2;1-4H,5H2;1-4H,(H,9,10,11);/q;;;+1/p-1. The third-order valence-corrected chi connectivity index (χ3v) is 6.82. The maximum absolute atomic E-state index is 12.2. The molecule has 0 radical (unpaired) electrons. The zero-order valence-corrected chi connectivity index (χ0v) is 27.2. The molecule has 0 spiro atoms. The van der Waals surface area contributed by atoms with Crippen molar-refractivity contribution >= 4 is 39.6 Å². The smallest absolute Gasteiger partial charge is 0.587 e. The summed E-state index contributed by atoms with van der Waals surface area (Å²) in [5.74, 6) is -1.46. The predicted octanol–water partition coefficient (Wildman–Crippen LogP) is 3.17. The van der Waals surface area contributed by atoms with Crippen LogP contribution in [0.3, 0.4) is 0 Å². The second-order valence-electron chi connectivity index (χ2n) is 8.68. The van der Waals surface area contributed by atoms with Crippen LogP contribution < -0.4 is 51.4 Å². The van der Waals surface area contributed by atoms with Crippen LogP contribution in [0.4, 0.5) is 0 Å². The van der Waals surface area contributed by atoms with Gasteiger partial charge in [-0.05, 0) is 35.4 Å². The van der Waals surface area contributed by atoms with Crippen molar-refractivity contribution in [1.82, 2.24) is 4.90 Å². The third-order valence-electron chi connectivity index (χ3n) is 6.22. The molecular weight excluding hydrogens is 623 g/mol. The Morgan fingerprint density at radius 2 is 0.976 bits per heavy atom. The first kappa shape index (κ1) is 32.8. The molecule has 0 bridgehead atoms. The molecule has 200 valence electrons. The van der Waals surface area contributed by atoms with Gasteiger partial charge in [0.1, 0.15) is 0 Å². The molecule has 2 heterocycles. The Bertz CT molecular complexity index is 1690. The van der Waals surface area contributed by atoms with Crippen molar-refractivity contribution in [1.29, 1.82) is 10.5 Å². The molecule has 6 rings (SSSR count). The molecule has 4 aromatic rings. The van der Waals surface area contributed by atoms with Crippen molar-refractivity contribution in [3.8, 4) is 12.1 Å². The topological polar surface area (TPSA) is 133 Å². The number of rotatable bonds is 3. The van der Waals surface area contributed by atoms with Crippen molar-refractivity contribution in [3.05, 3.63) is 147 Å². The summed E-state index contributed by atoms with van der Waals surface area (Å²) in [6.07, 6.45) is 0. The molecule has 0 atom stereocenters. The van der Waals surface area contributed by atoms with Crippen LogP contribution in [0, 0.1) is 22.7 Å². The van der Waals surface area contributed by atoms with Crippen molar-refractivity contribution in [2.45, 2.75) is 11.9 Å². The summed E-state index contributed by atoms with van der Waals surface area (Å²) in [5, 5.41) is 21.7. The molecule has 8 nitrogen and oxygen atoms in total. The van der Waals surface area contributed by atoms with E-state index in [1.807, 2.05) is 24.3 Å². The first-order valence-corrected chi connectivity index (χ1v) is 13.4. The number of nitriles is 2. The number of benzene rings is 4. The Balaban J connectivity index is 0.000000187. The summed E-state index contributed by atoms with van der Waals surface area (Å²) in [6, 6.07) is 32.1. The van der Waals surface area contributed by atoms with Crippen molar-refractivity contribution in [2.75, 3.05) is 0 Å². The quantitative estimate of drug-likeness (QED) is 0.191. The number of amides is 4. The Morgan fingerprint density at radius 1 is 0.595 bits per heavy atom. The number of halogens is 1. The van der Waals surface area contributed by atoms with Crippen LogP contribution in [0.15, 0.2) is 97.1 Å².